The largest absolute Gasteiger partial charge is 0.416 e. The third-order valence-electron chi connectivity index (χ3n) is 3.67. The molecule has 1 fully saturated rings. The van der Waals surface area contributed by atoms with E-state index < -0.39 is 11.7 Å². The molecular formula is C14H18F3N. The highest BCUT2D eigenvalue weighted by Gasteiger charge is 2.35. The van der Waals surface area contributed by atoms with Gasteiger partial charge >= 0.3 is 6.18 Å². The molecule has 18 heavy (non-hydrogen) atoms. The van der Waals surface area contributed by atoms with Crippen LogP contribution in [0.2, 0.25) is 0 Å². The van der Waals surface area contributed by atoms with Crippen LogP contribution in [0.3, 0.4) is 0 Å². The number of halogens is 3. The monoisotopic (exact) mass is 257 g/mol. The molecule has 0 unspecified atom stereocenters. The van der Waals surface area contributed by atoms with Gasteiger partial charge in [-0.05, 0) is 57.5 Å². The van der Waals surface area contributed by atoms with Gasteiger partial charge in [-0.3, -0.25) is 0 Å². The van der Waals surface area contributed by atoms with Crippen molar-refractivity contribution >= 4 is 0 Å². The molecule has 0 amide bonds. The zero-order valence-corrected chi connectivity index (χ0v) is 10.7. The van der Waals surface area contributed by atoms with E-state index in [1.165, 1.54) is 6.07 Å². The van der Waals surface area contributed by atoms with E-state index in [2.05, 4.69) is 4.90 Å². The van der Waals surface area contributed by atoms with Gasteiger partial charge in [0.15, 0.2) is 0 Å². The maximum atomic E-state index is 13.0. The van der Waals surface area contributed by atoms with Crippen molar-refractivity contribution in [1.82, 2.24) is 4.90 Å². The Hall–Kier alpha value is -1.03. The first-order valence-corrected chi connectivity index (χ1v) is 6.24. The predicted molar refractivity (Wildman–Crippen MR) is 65.7 cm³/mol. The average Bonchev–Trinajstić information content (AvgIpc) is 2.29. The van der Waals surface area contributed by atoms with Crippen LogP contribution >= 0.6 is 0 Å². The van der Waals surface area contributed by atoms with Crippen LogP contribution in [0.1, 0.15) is 35.4 Å². The predicted octanol–water partition coefficient (Wildman–Crippen LogP) is 3.82. The average molecular weight is 257 g/mol. The first kappa shape index (κ1) is 13.4. The highest BCUT2D eigenvalue weighted by molar-refractivity contribution is 5.36. The lowest BCUT2D eigenvalue weighted by Gasteiger charge is -2.30. The quantitative estimate of drug-likeness (QED) is 0.739. The van der Waals surface area contributed by atoms with Gasteiger partial charge in [0.25, 0.3) is 0 Å². The van der Waals surface area contributed by atoms with Crippen molar-refractivity contribution in [3.05, 3.63) is 34.9 Å². The van der Waals surface area contributed by atoms with Gasteiger partial charge < -0.3 is 4.90 Å². The number of benzene rings is 1. The minimum Gasteiger partial charge on any atom is -0.306 e. The normalized spacial score (nSPS) is 19.2. The summed E-state index contributed by atoms with van der Waals surface area (Å²) >= 11 is 0. The lowest BCUT2D eigenvalue weighted by atomic mass is 9.86. The Morgan fingerprint density at radius 1 is 1.17 bits per heavy atom. The van der Waals surface area contributed by atoms with E-state index in [0.717, 1.165) is 25.9 Å². The third-order valence-corrected chi connectivity index (χ3v) is 3.67. The molecule has 0 atom stereocenters. The Labute approximate surface area is 106 Å². The fourth-order valence-corrected chi connectivity index (χ4v) is 2.59. The maximum Gasteiger partial charge on any atom is 0.416 e. The Kier molecular flexibility index (Phi) is 3.66. The fourth-order valence-electron chi connectivity index (χ4n) is 2.59. The van der Waals surface area contributed by atoms with E-state index in [1.54, 1.807) is 19.1 Å². The Bertz CT molecular complexity index is 418. The molecule has 1 aliphatic rings. The SMILES string of the molecule is Cc1ccc(C2CCN(C)CC2)c(C(F)(F)F)c1. The van der Waals surface area contributed by atoms with Gasteiger partial charge in [0, 0.05) is 0 Å². The van der Waals surface area contributed by atoms with E-state index in [9.17, 15) is 13.2 Å². The third kappa shape index (κ3) is 2.86. The molecule has 2 rings (SSSR count). The minimum atomic E-state index is -4.25. The molecule has 1 aromatic rings. The van der Waals surface area contributed by atoms with E-state index in [1.807, 2.05) is 7.05 Å². The molecule has 0 spiro atoms. The number of alkyl halides is 3. The molecule has 0 bridgehead atoms. The summed E-state index contributed by atoms with van der Waals surface area (Å²) in [6.45, 7) is 3.44. The van der Waals surface area contributed by atoms with Gasteiger partial charge in [-0.15, -0.1) is 0 Å². The fraction of sp³-hybridized carbons (Fsp3) is 0.571. The summed E-state index contributed by atoms with van der Waals surface area (Å²) in [5.41, 5.74) is 0.692. The molecule has 0 aromatic heterocycles. The van der Waals surface area contributed by atoms with Crippen molar-refractivity contribution in [2.75, 3.05) is 20.1 Å². The molecule has 0 radical (unpaired) electrons. The lowest BCUT2D eigenvalue weighted by molar-refractivity contribution is -0.138. The molecule has 1 heterocycles. The standard InChI is InChI=1S/C14H18F3N/c1-10-3-4-12(13(9-10)14(15,16)17)11-5-7-18(2)8-6-11/h3-4,9,11H,5-8H2,1-2H3. The van der Waals surface area contributed by atoms with Gasteiger partial charge in [-0.2, -0.15) is 13.2 Å². The van der Waals surface area contributed by atoms with Crippen LogP contribution in [0, 0.1) is 6.92 Å². The van der Waals surface area contributed by atoms with Crippen molar-refractivity contribution in [3.63, 3.8) is 0 Å². The molecule has 1 aliphatic heterocycles. The van der Waals surface area contributed by atoms with E-state index in [4.69, 9.17) is 0 Å². The van der Waals surface area contributed by atoms with Crippen molar-refractivity contribution in [2.45, 2.75) is 31.9 Å². The topological polar surface area (TPSA) is 3.24 Å². The van der Waals surface area contributed by atoms with Crippen LogP contribution in [0.25, 0.3) is 0 Å². The summed E-state index contributed by atoms with van der Waals surface area (Å²) in [6.07, 6.45) is -2.63. The van der Waals surface area contributed by atoms with Crippen molar-refractivity contribution in [3.8, 4) is 0 Å². The number of nitrogens with zero attached hydrogens (tertiary/aromatic N) is 1. The Balaban J connectivity index is 2.32. The second kappa shape index (κ2) is 4.92. The van der Waals surface area contributed by atoms with Gasteiger partial charge in [-0.25, -0.2) is 0 Å². The molecule has 1 aromatic carbocycles. The summed E-state index contributed by atoms with van der Waals surface area (Å²) in [4.78, 5) is 2.16. The van der Waals surface area contributed by atoms with Crippen LogP contribution in [-0.4, -0.2) is 25.0 Å². The number of likely N-dealkylation sites (tertiary alicyclic amines) is 1. The summed E-state index contributed by atoms with van der Waals surface area (Å²) in [7, 11) is 2.01. The van der Waals surface area contributed by atoms with Gasteiger partial charge in [-0.1, -0.05) is 17.7 Å². The lowest BCUT2D eigenvalue weighted by Crippen LogP contribution is -2.30. The molecule has 0 aliphatic carbocycles. The molecular weight excluding hydrogens is 239 g/mol. The molecule has 4 heteroatoms. The summed E-state index contributed by atoms with van der Waals surface area (Å²) in [5, 5.41) is 0. The Morgan fingerprint density at radius 3 is 2.33 bits per heavy atom. The molecule has 1 saturated heterocycles. The first-order valence-electron chi connectivity index (χ1n) is 6.24. The zero-order valence-electron chi connectivity index (χ0n) is 10.7. The highest BCUT2D eigenvalue weighted by atomic mass is 19.4. The number of hydrogen-bond acceptors (Lipinski definition) is 1. The van der Waals surface area contributed by atoms with Crippen LogP contribution < -0.4 is 0 Å². The Morgan fingerprint density at radius 2 is 1.78 bits per heavy atom. The van der Waals surface area contributed by atoms with Crippen LogP contribution in [-0.2, 0) is 6.18 Å². The number of rotatable bonds is 1. The minimum absolute atomic E-state index is 0.0402. The summed E-state index contributed by atoms with van der Waals surface area (Å²) in [6, 6.07) is 4.71. The van der Waals surface area contributed by atoms with E-state index in [0.29, 0.717) is 11.1 Å². The van der Waals surface area contributed by atoms with Crippen LogP contribution in [0.15, 0.2) is 18.2 Å². The van der Waals surface area contributed by atoms with Gasteiger partial charge in [0.1, 0.15) is 0 Å². The second-order valence-electron chi connectivity index (χ2n) is 5.17. The first-order chi connectivity index (χ1) is 8.38. The molecule has 0 saturated carbocycles. The summed E-state index contributed by atoms with van der Waals surface area (Å²) < 4.78 is 39.1. The molecule has 1 nitrogen and oxygen atoms in total. The smallest absolute Gasteiger partial charge is 0.306 e. The highest BCUT2D eigenvalue weighted by Crippen LogP contribution is 2.39. The summed E-state index contributed by atoms with van der Waals surface area (Å²) in [5.74, 6) is 0.0402. The maximum absolute atomic E-state index is 13.0. The second-order valence-corrected chi connectivity index (χ2v) is 5.17. The van der Waals surface area contributed by atoms with E-state index in [-0.39, 0.29) is 5.92 Å². The van der Waals surface area contributed by atoms with Crippen molar-refractivity contribution in [2.24, 2.45) is 0 Å². The van der Waals surface area contributed by atoms with E-state index >= 15 is 0 Å². The van der Waals surface area contributed by atoms with Crippen molar-refractivity contribution < 1.29 is 13.2 Å². The van der Waals surface area contributed by atoms with Crippen molar-refractivity contribution in [1.29, 1.82) is 0 Å². The van der Waals surface area contributed by atoms with Crippen LogP contribution in [0.5, 0.6) is 0 Å². The zero-order chi connectivity index (χ0) is 13.3. The number of hydrogen-bond donors (Lipinski definition) is 0. The van der Waals surface area contributed by atoms with Crippen LogP contribution in [0.4, 0.5) is 13.2 Å². The molecule has 0 N–H and O–H groups in total. The molecule has 100 valence electrons. The number of piperidine rings is 1. The number of aryl methyl sites for hydroxylation is 1. The van der Waals surface area contributed by atoms with Gasteiger partial charge in [0.05, 0.1) is 5.56 Å². The van der Waals surface area contributed by atoms with Gasteiger partial charge in [0.2, 0.25) is 0 Å².